The van der Waals surface area contributed by atoms with Gasteiger partial charge < -0.3 is 15.5 Å². The summed E-state index contributed by atoms with van der Waals surface area (Å²) in [4.78, 5) is 26.8. The normalized spacial score (nSPS) is 13.6. The Kier molecular flexibility index (Phi) is 6.41. The van der Waals surface area contributed by atoms with Crippen molar-refractivity contribution >= 4 is 28.2 Å². The molecule has 2 N–H and O–H groups in total. The molecule has 1 fully saturated rings. The number of rotatable bonds is 9. The van der Waals surface area contributed by atoms with Gasteiger partial charge in [0.25, 0.3) is 5.91 Å². The van der Waals surface area contributed by atoms with Crippen LogP contribution in [0.4, 0.5) is 5.00 Å². The second-order valence-corrected chi connectivity index (χ2v) is 7.84. The van der Waals surface area contributed by atoms with E-state index in [-0.39, 0.29) is 17.7 Å². The molecule has 0 atom stereocenters. The van der Waals surface area contributed by atoms with E-state index in [9.17, 15) is 9.59 Å². The highest BCUT2D eigenvalue weighted by atomic mass is 32.1. The van der Waals surface area contributed by atoms with Gasteiger partial charge in [0.05, 0.1) is 9.88 Å². The molecule has 138 valence electrons. The fraction of sp³-hybridized carbons (Fsp3) is 0.400. The molecule has 0 saturated heterocycles. The molecule has 1 heterocycles. The average molecular weight is 372 g/mol. The van der Waals surface area contributed by atoms with E-state index in [2.05, 4.69) is 34.7 Å². The van der Waals surface area contributed by atoms with Gasteiger partial charge in [0, 0.05) is 19.0 Å². The number of carbonyl (C=O) groups is 2. The van der Waals surface area contributed by atoms with Crippen molar-refractivity contribution in [2.24, 2.45) is 5.92 Å². The van der Waals surface area contributed by atoms with Crippen LogP contribution < -0.4 is 10.6 Å². The van der Waals surface area contributed by atoms with Crippen molar-refractivity contribution in [1.82, 2.24) is 10.2 Å². The molecule has 2 aromatic rings. The average Bonchev–Trinajstić information content (AvgIpc) is 3.39. The van der Waals surface area contributed by atoms with Crippen LogP contribution in [-0.2, 0) is 11.3 Å². The highest BCUT2D eigenvalue weighted by Crippen LogP contribution is 2.31. The van der Waals surface area contributed by atoms with Gasteiger partial charge in [-0.2, -0.15) is 0 Å². The molecule has 0 aliphatic heterocycles. The zero-order valence-electron chi connectivity index (χ0n) is 15.0. The van der Waals surface area contributed by atoms with Crippen molar-refractivity contribution in [3.05, 3.63) is 52.9 Å². The van der Waals surface area contributed by atoms with Crippen LogP contribution in [0.1, 0.15) is 34.5 Å². The highest BCUT2D eigenvalue weighted by Gasteiger charge is 2.29. The Bertz CT molecular complexity index is 741. The van der Waals surface area contributed by atoms with Crippen molar-refractivity contribution < 1.29 is 9.59 Å². The second kappa shape index (κ2) is 8.96. The summed E-state index contributed by atoms with van der Waals surface area (Å²) in [5.74, 6) is 0.162. The Balaban J connectivity index is 1.34. The van der Waals surface area contributed by atoms with Crippen LogP contribution in [0.2, 0.25) is 0 Å². The van der Waals surface area contributed by atoms with Crippen LogP contribution in [0.5, 0.6) is 0 Å². The number of hydrogen-bond donors (Lipinski definition) is 2. The molecule has 5 nitrogen and oxygen atoms in total. The number of benzene rings is 1. The molecule has 1 aromatic carbocycles. The van der Waals surface area contributed by atoms with Gasteiger partial charge in [-0.15, -0.1) is 11.3 Å². The largest absolute Gasteiger partial charge is 0.351 e. The van der Waals surface area contributed by atoms with Gasteiger partial charge in [-0.25, -0.2) is 0 Å². The fourth-order valence-electron chi connectivity index (χ4n) is 2.71. The molecule has 1 saturated carbocycles. The number of nitrogens with one attached hydrogen (secondary N) is 2. The number of nitrogens with zero attached hydrogens (tertiary/aromatic N) is 1. The van der Waals surface area contributed by atoms with Gasteiger partial charge in [-0.05, 0) is 50.6 Å². The summed E-state index contributed by atoms with van der Waals surface area (Å²) < 4.78 is 0. The number of anilines is 1. The third-order valence-corrected chi connectivity index (χ3v) is 5.32. The summed E-state index contributed by atoms with van der Waals surface area (Å²) in [6, 6.07) is 13.9. The number of carbonyl (C=O) groups excluding carboxylic acids is 2. The fourth-order valence-corrected chi connectivity index (χ4v) is 3.53. The molecule has 1 aliphatic rings. The molecule has 3 rings (SSSR count). The van der Waals surface area contributed by atoms with Crippen LogP contribution >= 0.6 is 11.3 Å². The van der Waals surface area contributed by atoms with Gasteiger partial charge in [0.1, 0.15) is 0 Å². The van der Waals surface area contributed by atoms with Crippen molar-refractivity contribution in [1.29, 1.82) is 0 Å². The van der Waals surface area contributed by atoms with Crippen LogP contribution in [0.15, 0.2) is 42.5 Å². The minimum Gasteiger partial charge on any atom is -0.351 e. The van der Waals surface area contributed by atoms with Crippen molar-refractivity contribution in [3.8, 4) is 0 Å². The monoisotopic (exact) mass is 371 g/mol. The van der Waals surface area contributed by atoms with E-state index in [1.54, 1.807) is 12.1 Å². The maximum Gasteiger partial charge on any atom is 0.261 e. The quantitative estimate of drug-likeness (QED) is 0.665. The third kappa shape index (κ3) is 5.68. The minimum absolute atomic E-state index is 0.0697. The first-order valence-electron chi connectivity index (χ1n) is 9.03. The van der Waals surface area contributed by atoms with Crippen LogP contribution in [0, 0.1) is 5.92 Å². The molecule has 0 spiro atoms. The topological polar surface area (TPSA) is 61.4 Å². The van der Waals surface area contributed by atoms with Crippen LogP contribution in [0.25, 0.3) is 0 Å². The first kappa shape index (κ1) is 18.6. The predicted molar refractivity (Wildman–Crippen MR) is 105 cm³/mol. The van der Waals surface area contributed by atoms with E-state index in [1.807, 2.05) is 18.2 Å². The van der Waals surface area contributed by atoms with E-state index in [4.69, 9.17) is 0 Å². The lowest BCUT2D eigenvalue weighted by Crippen LogP contribution is -2.27. The number of amides is 2. The van der Waals surface area contributed by atoms with Crippen molar-refractivity contribution in [2.75, 3.05) is 25.5 Å². The molecule has 0 unspecified atom stereocenters. The molecule has 0 radical (unpaired) electrons. The van der Waals surface area contributed by atoms with Gasteiger partial charge in [-0.1, -0.05) is 30.3 Å². The molecule has 1 aliphatic carbocycles. The van der Waals surface area contributed by atoms with Gasteiger partial charge >= 0.3 is 0 Å². The summed E-state index contributed by atoms with van der Waals surface area (Å²) in [7, 11) is 2.09. The lowest BCUT2D eigenvalue weighted by atomic mass is 10.2. The first-order chi connectivity index (χ1) is 12.6. The summed E-state index contributed by atoms with van der Waals surface area (Å²) in [6.45, 7) is 2.46. The maximum absolute atomic E-state index is 12.2. The minimum atomic E-state index is -0.0763. The lowest BCUT2D eigenvalue weighted by molar-refractivity contribution is -0.117. The summed E-state index contributed by atoms with van der Waals surface area (Å²) >= 11 is 1.33. The lowest BCUT2D eigenvalue weighted by Gasteiger charge is -2.16. The molecule has 26 heavy (non-hydrogen) atoms. The smallest absolute Gasteiger partial charge is 0.261 e. The molecule has 1 aromatic heterocycles. The third-order valence-electron chi connectivity index (χ3n) is 4.32. The molecular weight excluding hydrogens is 346 g/mol. The predicted octanol–water partition coefficient (Wildman–Crippen LogP) is 3.35. The zero-order valence-corrected chi connectivity index (χ0v) is 15.8. The van der Waals surface area contributed by atoms with E-state index in [0.29, 0.717) is 11.4 Å². The second-order valence-electron chi connectivity index (χ2n) is 6.76. The standard InChI is InChI=1S/C20H25N3O2S/c1-23(14-15-6-3-2-4-7-15)13-5-12-21-20(25)17-10-11-18(26-17)22-19(24)16-8-9-16/h2-4,6-7,10-11,16H,5,8-9,12-14H2,1H3,(H,21,25)(H,22,24). The van der Waals surface area contributed by atoms with Gasteiger partial charge in [0.15, 0.2) is 0 Å². The van der Waals surface area contributed by atoms with E-state index < -0.39 is 0 Å². The van der Waals surface area contributed by atoms with Gasteiger partial charge in [-0.3, -0.25) is 9.59 Å². The molecule has 6 heteroatoms. The Hall–Kier alpha value is -2.18. The van der Waals surface area contributed by atoms with Crippen molar-refractivity contribution in [2.45, 2.75) is 25.8 Å². The van der Waals surface area contributed by atoms with E-state index in [0.717, 1.165) is 37.4 Å². The maximum atomic E-state index is 12.2. The van der Waals surface area contributed by atoms with Gasteiger partial charge in [0.2, 0.25) is 5.91 Å². The molecular formula is C20H25N3O2S. The Morgan fingerprint density at radius 2 is 1.92 bits per heavy atom. The summed E-state index contributed by atoms with van der Waals surface area (Å²) in [5.41, 5.74) is 1.29. The Morgan fingerprint density at radius 1 is 1.15 bits per heavy atom. The number of hydrogen-bond acceptors (Lipinski definition) is 4. The SMILES string of the molecule is CN(CCCNC(=O)c1ccc(NC(=O)C2CC2)s1)Cc1ccccc1. The Labute approximate surface area is 158 Å². The first-order valence-corrected chi connectivity index (χ1v) is 9.85. The van der Waals surface area contributed by atoms with Crippen LogP contribution in [0.3, 0.4) is 0 Å². The Morgan fingerprint density at radius 3 is 2.65 bits per heavy atom. The summed E-state index contributed by atoms with van der Waals surface area (Å²) in [6.07, 6.45) is 2.85. The van der Waals surface area contributed by atoms with Crippen LogP contribution in [-0.4, -0.2) is 36.9 Å². The summed E-state index contributed by atoms with van der Waals surface area (Å²) in [5, 5.41) is 6.57. The molecule has 2 amide bonds. The molecule has 0 bridgehead atoms. The van der Waals surface area contributed by atoms with E-state index in [1.165, 1.54) is 16.9 Å². The van der Waals surface area contributed by atoms with Crippen molar-refractivity contribution in [3.63, 3.8) is 0 Å². The van der Waals surface area contributed by atoms with E-state index >= 15 is 0 Å². The zero-order chi connectivity index (χ0) is 18.4. The highest BCUT2D eigenvalue weighted by molar-refractivity contribution is 7.18. The number of thiophene rings is 1.